The average Bonchev–Trinajstić information content (AvgIpc) is 2.53. The second-order valence-corrected chi connectivity index (χ2v) is 5.23. The van der Waals surface area contributed by atoms with Crippen LogP contribution in [0.3, 0.4) is 0 Å². The summed E-state index contributed by atoms with van der Waals surface area (Å²) in [5.74, 6) is 0. The molecule has 0 aliphatic carbocycles. The van der Waals surface area contributed by atoms with Gasteiger partial charge in [-0.1, -0.05) is 22.0 Å². The van der Waals surface area contributed by atoms with Crippen LogP contribution < -0.4 is 0 Å². The third kappa shape index (κ3) is 1.58. The van der Waals surface area contributed by atoms with Crippen molar-refractivity contribution in [3.05, 3.63) is 33.1 Å². The van der Waals surface area contributed by atoms with Crippen molar-refractivity contribution < 1.29 is 0 Å². The smallest absolute Gasteiger partial charge is 0.0488 e. The van der Waals surface area contributed by atoms with Crippen LogP contribution in [0.15, 0.2) is 22.0 Å². The Morgan fingerprint density at radius 2 is 2.23 bits per heavy atom. The van der Waals surface area contributed by atoms with E-state index in [-0.39, 0.29) is 0 Å². The Morgan fingerprint density at radius 1 is 1.46 bits per heavy atom. The highest BCUT2D eigenvalue weighted by molar-refractivity contribution is 9.11. The molecular formula is C10H8Br2S. The maximum absolute atomic E-state index is 3.65. The molecule has 0 bridgehead atoms. The zero-order chi connectivity index (χ0) is 9.42. The van der Waals surface area contributed by atoms with E-state index in [1.54, 1.807) is 11.3 Å². The van der Waals surface area contributed by atoms with Gasteiger partial charge in [-0.3, -0.25) is 0 Å². The Kier molecular flexibility index (Phi) is 2.77. The number of fused-ring (bicyclic) bond motifs is 1. The van der Waals surface area contributed by atoms with Gasteiger partial charge in [0, 0.05) is 14.5 Å². The summed E-state index contributed by atoms with van der Waals surface area (Å²) in [4.78, 5) is 0. The molecule has 1 aromatic carbocycles. The first-order valence-electron chi connectivity index (χ1n) is 3.95. The van der Waals surface area contributed by atoms with Crippen LogP contribution in [0, 0.1) is 6.92 Å². The van der Waals surface area contributed by atoms with Gasteiger partial charge >= 0.3 is 0 Å². The quantitative estimate of drug-likeness (QED) is 0.658. The monoisotopic (exact) mass is 318 g/mol. The minimum atomic E-state index is 0.910. The van der Waals surface area contributed by atoms with E-state index >= 15 is 0 Å². The molecule has 0 saturated carbocycles. The van der Waals surface area contributed by atoms with E-state index in [1.807, 2.05) is 0 Å². The van der Waals surface area contributed by atoms with E-state index < -0.39 is 0 Å². The molecule has 0 saturated heterocycles. The van der Waals surface area contributed by atoms with Crippen LogP contribution in [0.25, 0.3) is 10.1 Å². The van der Waals surface area contributed by atoms with Gasteiger partial charge in [0.05, 0.1) is 0 Å². The summed E-state index contributed by atoms with van der Waals surface area (Å²) in [5.41, 5.74) is 2.70. The van der Waals surface area contributed by atoms with E-state index in [0.29, 0.717) is 0 Å². The van der Waals surface area contributed by atoms with Gasteiger partial charge in [-0.25, -0.2) is 0 Å². The number of aryl methyl sites for hydroxylation is 1. The van der Waals surface area contributed by atoms with Gasteiger partial charge in [0.15, 0.2) is 0 Å². The SMILES string of the molecule is Cc1cc2ccsc2c(Br)c1CBr. The third-order valence-corrected chi connectivity index (χ3v) is 4.79. The molecule has 0 unspecified atom stereocenters. The molecule has 0 N–H and O–H groups in total. The number of hydrogen-bond acceptors (Lipinski definition) is 1. The first-order valence-corrected chi connectivity index (χ1v) is 6.74. The van der Waals surface area contributed by atoms with E-state index in [4.69, 9.17) is 0 Å². The van der Waals surface area contributed by atoms with Crippen molar-refractivity contribution in [2.75, 3.05) is 0 Å². The van der Waals surface area contributed by atoms with E-state index in [0.717, 1.165) is 5.33 Å². The van der Waals surface area contributed by atoms with Gasteiger partial charge in [0.25, 0.3) is 0 Å². The Hall–Kier alpha value is 0.140. The van der Waals surface area contributed by atoms with Gasteiger partial charge in [-0.2, -0.15) is 0 Å². The summed E-state index contributed by atoms with van der Waals surface area (Å²) in [6.07, 6.45) is 0. The number of benzene rings is 1. The molecule has 0 fully saturated rings. The van der Waals surface area contributed by atoms with Crippen molar-refractivity contribution in [3.8, 4) is 0 Å². The first-order chi connectivity index (χ1) is 6.24. The molecule has 0 atom stereocenters. The van der Waals surface area contributed by atoms with Gasteiger partial charge in [0.1, 0.15) is 0 Å². The van der Waals surface area contributed by atoms with Crippen LogP contribution in [0.1, 0.15) is 11.1 Å². The minimum absolute atomic E-state index is 0.910. The van der Waals surface area contributed by atoms with Crippen molar-refractivity contribution >= 4 is 53.3 Å². The molecule has 0 spiro atoms. The Bertz CT molecular complexity index is 445. The van der Waals surface area contributed by atoms with Crippen molar-refractivity contribution in [2.24, 2.45) is 0 Å². The van der Waals surface area contributed by atoms with Gasteiger partial charge in [-0.15, -0.1) is 11.3 Å². The number of thiophene rings is 1. The van der Waals surface area contributed by atoms with Crippen LogP contribution in [-0.4, -0.2) is 0 Å². The largest absolute Gasteiger partial charge is 0.143 e. The molecule has 0 radical (unpaired) electrons. The zero-order valence-corrected chi connectivity index (χ0v) is 11.1. The Labute approximate surface area is 98.2 Å². The van der Waals surface area contributed by atoms with Crippen LogP contribution in [0.5, 0.6) is 0 Å². The summed E-state index contributed by atoms with van der Waals surface area (Å²) in [6, 6.07) is 4.41. The molecule has 13 heavy (non-hydrogen) atoms. The topological polar surface area (TPSA) is 0 Å². The van der Waals surface area contributed by atoms with Gasteiger partial charge in [-0.05, 0) is 50.8 Å². The molecule has 2 aromatic rings. The van der Waals surface area contributed by atoms with E-state index in [9.17, 15) is 0 Å². The highest BCUT2D eigenvalue weighted by Gasteiger charge is 2.08. The second-order valence-electron chi connectivity index (χ2n) is 2.96. The molecule has 0 amide bonds. The van der Waals surface area contributed by atoms with Crippen LogP contribution >= 0.6 is 43.2 Å². The Morgan fingerprint density at radius 3 is 2.92 bits per heavy atom. The fourth-order valence-corrected chi connectivity index (χ4v) is 4.31. The maximum atomic E-state index is 3.65. The van der Waals surface area contributed by atoms with E-state index in [2.05, 4.69) is 56.3 Å². The molecule has 1 heterocycles. The van der Waals surface area contributed by atoms with Gasteiger partial charge < -0.3 is 0 Å². The van der Waals surface area contributed by atoms with E-state index in [1.165, 1.54) is 25.7 Å². The summed E-state index contributed by atoms with van der Waals surface area (Å²) in [7, 11) is 0. The summed E-state index contributed by atoms with van der Waals surface area (Å²) in [6.45, 7) is 2.15. The predicted octanol–water partition coefficient (Wildman–Crippen LogP) is 4.87. The second kappa shape index (κ2) is 3.71. The highest BCUT2D eigenvalue weighted by Crippen LogP contribution is 2.35. The first kappa shape index (κ1) is 9.69. The molecule has 0 aliphatic rings. The van der Waals surface area contributed by atoms with Crippen molar-refractivity contribution in [1.29, 1.82) is 0 Å². The molecule has 1 aromatic heterocycles. The fraction of sp³-hybridized carbons (Fsp3) is 0.200. The molecule has 2 rings (SSSR count). The Balaban J connectivity index is 2.85. The summed E-state index contributed by atoms with van der Waals surface area (Å²) >= 11 is 8.94. The number of hydrogen-bond donors (Lipinski definition) is 0. The predicted molar refractivity (Wildman–Crippen MR) is 66.9 cm³/mol. The normalized spacial score (nSPS) is 11.0. The fourth-order valence-electron chi connectivity index (χ4n) is 1.41. The number of rotatable bonds is 1. The zero-order valence-electron chi connectivity index (χ0n) is 7.10. The van der Waals surface area contributed by atoms with Crippen molar-refractivity contribution in [1.82, 2.24) is 0 Å². The maximum Gasteiger partial charge on any atom is 0.0488 e. The summed E-state index contributed by atoms with van der Waals surface area (Å²) < 4.78 is 2.59. The standard InChI is InChI=1S/C10H8Br2S/c1-6-4-7-2-3-13-10(7)9(12)8(6)5-11/h2-4H,5H2,1H3. The molecule has 0 nitrogen and oxygen atoms in total. The molecule has 3 heteroatoms. The number of halogens is 2. The van der Waals surface area contributed by atoms with Crippen LogP contribution in [0.4, 0.5) is 0 Å². The minimum Gasteiger partial charge on any atom is -0.143 e. The lowest BCUT2D eigenvalue weighted by molar-refractivity contribution is 1.33. The third-order valence-electron chi connectivity index (χ3n) is 2.14. The lowest BCUT2D eigenvalue weighted by atomic mass is 10.1. The highest BCUT2D eigenvalue weighted by atomic mass is 79.9. The lowest BCUT2D eigenvalue weighted by Crippen LogP contribution is -1.86. The molecular weight excluding hydrogens is 312 g/mol. The summed E-state index contributed by atoms with van der Waals surface area (Å²) in [5, 5.41) is 4.37. The molecule has 0 aliphatic heterocycles. The average molecular weight is 320 g/mol. The van der Waals surface area contributed by atoms with Gasteiger partial charge in [0.2, 0.25) is 0 Å². The van der Waals surface area contributed by atoms with Crippen molar-refractivity contribution in [3.63, 3.8) is 0 Å². The van der Waals surface area contributed by atoms with Crippen LogP contribution in [-0.2, 0) is 5.33 Å². The number of alkyl halides is 1. The molecule has 68 valence electrons. The lowest BCUT2D eigenvalue weighted by Gasteiger charge is -2.06. The van der Waals surface area contributed by atoms with Crippen LogP contribution in [0.2, 0.25) is 0 Å². The van der Waals surface area contributed by atoms with Crippen molar-refractivity contribution in [2.45, 2.75) is 12.3 Å².